The molecule has 0 aliphatic carbocycles. The Balaban J connectivity index is 1.23. The maximum Gasteiger partial charge on any atom is 0.0963 e. The SMILES string of the molecule is CC1(C)c2ccccc2N(c2ccc(-c3cc4c5c(c3)c3ncccc3n5-c3ccccc3C4(C)C)cc2)c2ccccc21. The molecular formula is C41H33N3. The van der Waals surface area contributed by atoms with Crippen molar-refractivity contribution in [1.82, 2.24) is 9.55 Å². The molecule has 0 saturated heterocycles. The number of para-hydroxylation sites is 3. The van der Waals surface area contributed by atoms with Crippen molar-refractivity contribution in [2.45, 2.75) is 38.5 Å². The molecular weight excluding hydrogens is 534 g/mol. The van der Waals surface area contributed by atoms with E-state index in [1.165, 1.54) is 67.0 Å². The van der Waals surface area contributed by atoms with E-state index in [0.29, 0.717) is 0 Å². The zero-order valence-electron chi connectivity index (χ0n) is 25.5. The third-order valence-corrected chi connectivity index (χ3v) is 10.2. The van der Waals surface area contributed by atoms with Crippen molar-refractivity contribution in [2.75, 3.05) is 4.90 Å². The van der Waals surface area contributed by atoms with Gasteiger partial charge in [-0.15, -0.1) is 0 Å². The van der Waals surface area contributed by atoms with Crippen LogP contribution in [0, 0.1) is 0 Å². The summed E-state index contributed by atoms with van der Waals surface area (Å²) in [6.45, 7) is 9.38. The molecule has 9 rings (SSSR count). The van der Waals surface area contributed by atoms with E-state index in [-0.39, 0.29) is 10.8 Å². The molecule has 2 aromatic heterocycles. The van der Waals surface area contributed by atoms with Gasteiger partial charge in [-0.2, -0.15) is 0 Å². The summed E-state index contributed by atoms with van der Waals surface area (Å²) in [5.74, 6) is 0. The second kappa shape index (κ2) is 8.70. The van der Waals surface area contributed by atoms with E-state index in [1.807, 2.05) is 12.3 Å². The maximum absolute atomic E-state index is 4.90. The number of hydrogen-bond acceptors (Lipinski definition) is 2. The van der Waals surface area contributed by atoms with Gasteiger partial charge in [0.05, 0.1) is 33.6 Å². The number of benzene rings is 5. The summed E-state index contributed by atoms with van der Waals surface area (Å²) in [6.07, 6.45) is 1.91. The van der Waals surface area contributed by atoms with Crippen LogP contribution in [0.1, 0.15) is 49.9 Å². The Bertz CT molecular complexity index is 2240. The summed E-state index contributed by atoms with van der Waals surface area (Å²) in [7, 11) is 0. The summed E-state index contributed by atoms with van der Waals surface area (Å²) in [4.78, 5) is 7.33. The fourth-order valence-corrected chi connectivity index (χ4v) is 7.95. The molecule has 0 fully saturated rings. The number of rotatable bonds is 2. The lowest BCUT2D eigenvalue weighted by Crippen LogP contribution is -2.30. The van der Waals surface area contributed by atoms with Crippen molar-refractivity contribution in [3.05, 3.63) is 150 Å². The van der Waals surface area contributed by atoms with Gasteiger partial charge in [0.15, 0.2) is 0 Å². The molecule has 0 atom stereocenters. The predicted octanol–water partition coefficient (Wildman–Crippen LogP) is 10.6. The summed E-state index contributed by atoms with van der Waals surface area (Å²) in [5.41, 5.74) is 16.0. The number of anilines is 3. The van der Waals surface area contributed by atoms with Crippen molar-refractivity contribution >= 4 is 39.0 Å². The minimum absolute atomic E-state index is 0.0704. The Morgan fingerprint density at radius 3 is 1.75 bits per heavy atom. The van der Waals surface area contributed by atoms with Crippen LogP contribution in [-0.2, 0) is 10.8 Å². The first kappa shape index (κ1) is 25.4. The summed E-state index contributed by atoms with van der Waals surface area (Å²) >= 11 is 0. The zero-order valence-corrected chi connectivity index (χ0v) is 25.5. The third-order valence-electron chi connectivity index (χ3n) is 10.2. The summed E-state index contributed by atoms with van der Waals surface area (Å²) < 4.78 is 2.42. The third kappa shape index (κ3) is 3.24. The van der Waals surface area contributed by atoms with Gasteiger partial charge in [-0.3, -0.25) is 4.98 Å². The predicted molar refractivity (Wildman–Crippen MR) is 183 cm³/mol. The van der Waals surface area contributed by atoms with Gasteiger partial charge in [-0.1, -0.05) is 94.4 Å². The van der Waals surface area contributed by atoms with Crippen LogP contribution >= 0.6 is 0 Å². The average molecular weight is 568 g/mol. The van der Waals surface area contributed by atoms with Crippen LogP contribution in [0.3, 0.4) is 0 Å². The number of hydrogen-bond donors (Lipinski definition) is 0. The maximum atomic E-state index is 4.90. The van der Waals surface area contributed by atoms with Crippen molar-refractivity contribution < 1.29 is 0 Å². The second-order valence-corrected chi connectivity index (χ2v) is 13.3. The van der Waals surface area contributed by atoms with E-state index in [9.17, 15) is 0 Å². The van der Waals surface area contributed by atoms with Crippen molar-refractivity contribution in [3.63, 3.8) is 0 Å². The molecule has 0 radical (unpaired) electrons. The normalized spacial score (nSPS) is 15.6. The van der Waals surface area contributed by atoms with Gasteiger partial charge in [0.25, 0.3) is 0 Å². The average Bonchev–Trinajstić information content (AvgIpc) is 3.39. The number of aromatic nitrogens is 2. The Morgan fingerprint density at radius 2 is 1.09 bits per heavy atom. The highest BCUT2D eigenvalue weighted by atomic mass is 15.2. The quantitative estimate of drug-likeness (QED) is 0.207. The van der Waals surface area contributed by atoms with Crippen LogP contribution < -0.4 is 4.90 Å². The highest BCUT2D eigenvalue weighted by Gasteiger charge is 2.37. The number of nitrogens with zero attached hydrogens (tertiary/aromatic N) is 3. The molecule has 0 unspecified atom stereocenters. The van der Waals surface area contributed by atoms with Gasteiger partial charge in [-0.05, 0) is 88.0 Å². The molecule has 5 aromatic carbocycles. The first-order valence-electron chi connectivity index (χ1n) is 15.5. The first-order chi connectivity index (χ1) is 21.4. The Hall–Kier alpha value is -5.15. The molecule has 2 aliphatic rings. The minimum Gasteiger partial charge on any atom is -0.310 e. The van der Waals surface area contributed by atoms with Gasteiger partial charge in [0, 0.05) is 28.1 Å². The van der Waals surface area contributed by atoms with Gasteiger partial charge < -0.3 is 9.47 Å². The fraction of sp³-hybridized carbons (Fsp3) is 0.146. The van der Waals surface area contributed by atoms with Gasteiger partial charge >= 0.3 is 0 Å². The monoisotopic (exact) mass is 567 g/mol. The van der Waals surface area contributed by atoms with Crippen LogP contribution in [0.15, 0.2) is 128 Å². The Morgan fingerprint density at radius 1 is 0.523 bits per heavy atom. The van der Waals surface area contributed by atoms with Gasteiger partial charge in [0.1, 0.15) is 0 Å². The van der Waals surface area contributed by atoms with Crippen LogP contribution in [0.5, 0.6) is 0 Å². The van der Waals surface area contributed by atoms with E-state index in [2.05, 4.69) is 152 Å². The van der Waals surface area contributed by atoms with E-state index < -0.39 is 0 Å². The van der Waals surface area contributed by atoms with E-state index in [1.54, 1.807) is 0 Å². The molecule has 0 amide bonds. The fourth-order valence-electron chi connectivity index (χ4n) is 7.95. The number of pyridine rings is 1. The number of fused-ring (bicyclic) bond motifs is 7. The first-order valence-corrected chi connectivity index (χ1v) is 15.5. The molecule has 0 saturated carbocycles. The summed E-state index contributed by atoms with van der Waals surface area (Å²) in [5, 5.41) is 1.21. The Labute approximate surface area is 258 Å². The molecule has 0 bridgehead atoms. The molecule has 2 aliphatic heterocycles. The topological polar surface area (TPSA) is 21.1 Å². The lowest BCUT2D eigenvalue weighted by atomic mass is 9.73. The molecule has 44 heavy (non-hydrogen) atoms. The highest BCUT2D eigenvalue weighted by Crippen LogP contribution is 2.52. The summed E-state index contributed by atoms with van der Waals surface area (Å²) in [6, 6.07) is 44.6. The Kier molecular flexibility index (Phi) is 5.02. The van der Waals surface area contributed by atoms with Crippen LogP contribution in [0.4, 0.5) is 17.1 Å². The van der Waals surface area contributed by atoms with Gasteiger partial charge in [0.2, 0.25) is 0 Å². The van der Waals surface area contributed by atoms with Gasteiger partial charge in [-0.25, -0.2) is 0 Å². The van der Waals surface area contributed by atoms with E-state index >= 15 is 0 Å². The molecule has 0 spiro atoms. The van der Waals surface area contributed by atoms with Crippen LogP contribution in [0.2, 0.25) is 0 Å². The van der Waals surface area contributed by atoms with Crippen molar-refractivity contribution in [2.24, 2.45) is 0 Å². The molecule has 4 heterocycles. The van der Waals surface area contributed by atoms with Crippen molar-refractivity contribution in [1.29, 1.82) is 0 Å². The van der Waals surface area contributed by atoms with E-state index in [4.69, 9.17) is 4.98 Å². The highest BCUT2D eigenvalue weighted by molar-refractivity contribution is 6.11. The standard InChI is InChI=1S/C41H33N3/c1-40(2)30-12-5-8-15-34(30)43(35-16-9-6-13-31(35)40)28-21-19-26(20-22-28)27-24-29-38-37(18-11-23-42-38)44-36-17-10-7-14-32(36)41(3,4)33(25-27)39(29)44/h5-25H,1-4H3. The van der Waals surface area contributed by atoms with Crippen LogP contribution in [-0.4, -0.2) is 9.55 Å². The van der Waals surface area contributed by atoms with Crippen LogP contribution in [0.25, 0.3) is 38.8 Å². The smallest absolute Gasteiger partial charge is 0.0963 e. The molecule has 3 heteroatoms. The largest absolute Gasteiger partial charge is 0.310 e. The lowest BCUT2D eigenvalue weighted by Gasteiger charge is -2.42. The zero-order chi connectivity index (χ0) is 29.8. The molecule has 7 aromatic rings. The molecule has 3 nitrogen and oxygen atoms in total. The van der Waals surface area contributed by atoms with Crippen molar-refractivity contribution in [3.8, 4) is 16.8 Å². The molecule has 0 N–H and O–H groups in total. The lowest BCUT2D eigenvalue weighted by molar-refractivity contribution is 0.630. The second-order valence-electron chi connectivity index (χ2n) is 13.3. The minimum atomic E-state index is -0.150. The van der Waals surface area contributed by atoms with E-state index in [0.717, 1.165) is 11.0 Å². The molecule has 212 valence electrons.